The van der Waals surface area contributed by atoms with E-state index in [0.29, 0.717) is 38.5 Å². The maximum absolute atomic E-state index is 13.1. The molecule has 6 nitrogen and oxygen atoms in total. The quantitative estimate of drug-likeness (QED) is 0.724. The number of rotatable bonds is 1. The molecule has 3 aliphatic heterocycles. The first-order chi connectivity index (χ1) is 11.1. The van der Waals surface area contributed by atoms with E-state index in [-0.39, 0.29) is 11.8 Å². The van der Waals surface area contributed by atoms with Crippen molar-refractivity contribution in [2.75, 3.05) is 37.7 Å². The Bertz CT molecular complexity index is 682. The molecule has 2 unspecified atom stereocenters. The second-order valence-corrected chi connectivity index (χ2v) is 6.33. The zero-order valence-electron chi connectivity index (χ0n) is 13.1. The second kappa shape index (κ2) is 5.16. The Hall–Kier alpha value is -2.21. The minimum Gasteiger partial charge on any atom is -0.378 e. The summed E-state index contributed by atoms with van der Waals surface area (Å²) in [7, 11) is 0. The van der Waals surface area contributed by atoms with Crippen LogP contribution >= 0.6 is 0 Å². The predicted octanol–water partition coefficient (Wildman–Crippen LogP) is 0.927. The summed E-state index contributed by atoms with van der Waals surface area (Å²) in [6.45, 7) is 4.94. The molecule has 23 heavy (non-hydrogen) atoms. The minimum atomic E-state index is -0.857. The average Bonchev–Trinajstić information content (AvgIpc) is 3.03. The first-order valence-corrected chi connectivity index (χ1v) is 7.95. The Balaban J connectivity index is 1.70. The molecule has 0 spiro atoms. The van der Waals surface area contributed by atoms with Gasteiger partial charge in [0.25, 0.3) is 0 Å². The lowest BCUT2D eigenvalue weighted by Gasteiger charge is -2.35. The van der Waals surface area contributed by atoms with Gasteiger partial charge in [-0.1, -0.05) is 18.2 Å². The summed E-state index contributed by atoms with van der Waals surface area (Å²) < 4.78 is 5.38. The Kier molecular flexibility index (Phi) is 3.23. The number of morpholine rings is 1. The Morgan fingerprint density at radius 2 is 1.87 bits per heavy atom. The summed E-state index contributed by atoms with van der Waals surface area (Å²) in [5.74, 6) is 0.0489. The lowest BCUT2D eigenvalue weighted by atomic mass is 9.79. The summed E-state index contributed by atoms with van der Waals surface area (Å²) in [6.07, 6.45) is 0. The van der Waals surface area contributed by atoms with Crippen LogP contribution in [0.3, 0.4) is 0 Å². The van der Waals surface area contributed by atoms with Gasteiger partial charge in [0.15, 0.2) is 0 Å². The van der Waals surface area contributed by atoms with E-state index in [9.17, 15) is 9.59 Å². The van der Waals surface area contributed by atoms with Crippen LogP contribution in [0.1, 0.15) is 6.92 Å². The summed E-state index contributed by atoms with van der Waals surface area (Å²) >= 11 is 0. The van der Waals surface area contributed by atoms with Crippen LogP contribution < -0.4 is 4.90 Å². The van der Waals surface area contributed by atoms with Crippen LogP contribution in [-0.2, 0) is 14.3 Å². The van der Waals surface area contributed by atoms with Crippen molar-refractivity contribution in [3.05, 3.63) is 30.3 Å². The number of ether oxygens (including phenoxy) is 1. The summed E-state index contributed by atoms with van der Waals surface area (Å²) in [5, 5.41) is 0. The van der Waals surface area contributed by atoms with Gasteiger partial charge in [0.1, 0.15) is 11.3 Å². The van der Waals surface area contributed by atoms with E-state index in [1.807, 2.05) is 25.1 Å². The molecule has 3 aliphatic rings. The van der Waals surface area contributed by atoms with Gasteiger partial charge in [0.05, 0.1) is 31.4 Å². The third-order valence-electron chi connectivity index (χ3n) is 5.08. The SMILES string of the molecule is CC12C(=O)N(c3ccccc3)C(=O)C1CN=C2N1CCOCC1. The van der Waals surface area contributed by atoms with E-state index in [2.05, 4.69) is 9.89 Å². The molecule has 0 saturated carbocycles. The van der Waals surface area contributed by atoms with E-state index in [1.54, 1.807) is 12.1 Å². The minimum absolute atomic E-state index is 0.143. The highest BCUT2D eigenvalue weighted by Gasteiger charge is 2.63. The van der Waals surface area contributed by atoms with Gasteiger partial charge < -0.3 is 9.64 Å². The normalized spacial score (nSPS) is 30.7. The zero-order chi connectivity index (χ0) is 16.0. The van der Waals surface area contributed by atoms with E-state index in [0.717, 1.165) is 5.84 Å². The fraction of sp³-hybridized carbons (Fsp3) is 0.471. The number of benzene rings is 1. The van der Waals surface area contributed by atoms with Gasteiger partial charge in [-0.3, -0.25) is 14.6 Å². The van der Waals surface area contributed by atoms with Crippen molar-refractivity contribution in [1.29, 1.82) is 0 Å². The van der Waals surface area contributed by atoms with Crippen molar-refractivity contribution in [1.82, 2.24) is 4.90 Å². The first kappa shape index (κ1) is 14.4. The standard InChI is InChI=1S/C17H19N3O3/c1-17-13(11-18-15(17)19-7-9-23-10-8-19)14(21)20(16(17)22)12-5-3-2-4-6-12/h2-6,13H,7-11H2,1H3. The summed E-state index contributed by atoms with van der Waals surface area (Å²) in [4.78, 5) is 34.0. The lowest BCUT2D eigenvalue weighted by molar-refractivity contribution is -0.123. The monoisotopic (exact) mass is 313 g/mol. The number of hydrogen-bond donors (Lipinski definition) is 0. The number of aliphatic imine (C=N–C) groups is 1. The first-order valence-electron chi connectivity index (χ1n) is 7.95. The van der Waals surface area contributed by atoms with Gasteiger partial charge in [0, 0.05) is 13.1 Å². The smallest absolute Gasteiger partial charge is 0.248 e. The fourth-order valence-electron chi connectivity index (χ4n) is 3.76. The molecule has 2 amide bonds. The van der Waals surface area contributed by atoms with Gasteiger partial charge in [-0.2, -0.15) is 0 Å². The number of fused-ring (bicyclic) bond motifs is 1. The molecule has 0 aromatic heterocycles. The molecule has 1 aromatic rings. The van der Waals surface area contributed by atoms with E-state index >= 15 is 0 Å². The van der Waals surface area contributed by atoms with E-state index in [1.165, 1.54) is 4.90 Å². The number of hydrogen-bond acceptors (Lipinski definition) is 5. The molecule has 0 radical (unpaired) electrons. The maximum atomic E-state index is 13.1. The average molecular weight is 313 g/mol. The van der Waals surface area contributed by atoms with Crippen LogP contribution in [0.5, 0.6) is 0 Å². The Morgan fingerprint density at radius 3 is 2.57 bits per heavy atom. The number of carbonyl (C=O) groups is 2. The van der Waals surface area contributed by atoms with Crippen molar-refractivity contribution in [3.8, 4) is 0 Å². The summed E-state index contributed by atoms with van der Waals surface area (Å²) in [5.41, 5.74) is -0.218. The van der Waals surface area contributed by atoms with Crippen LogP contribution in [0, 0.1) is 11.3 Å². The van der Waals surface area contributed by atoms with Crippen LogP contribution in [0.4, 0.5) is 5.69 Å². The molecular formula is C17H19N3O3. The molecule has 1 aromatic carbocycles. The molecule has 120 valence electrons. The largest absolute Gasteiger partial charge is 0.378 e. The third-order valence-corrected chi connectivity index (χ3v) is 5.08. The molecule has 6 heteroatoms. The highest BCUT2D eigenvalue weighted by Crippen LogP contribution is 2.46. The zero-order valence-corrected chi connectivity index (χ0v) is 13.1. The van der Waals surface area contributed by atoms with Crippen molar-refractivity contribution in [3.63, 3.8) is 0 Å². The molecule has 2 fully saturated rings. The molecule has 0 aliphatic carbocycles. The van der Waals surface area contributed by atoms with Gasteiger partial charge in [0.2, 0.25) is 11.8 Å². The number of amides is 2. The maximum Gasteiger partial charge on any atom is 0.248 e. The second-order valence-electron chi connectivity index (χ2n) is 6.33. The van der Waals surface area contributed by atoms with Gasteiger partial charge >= 0.3 is 0 Å². The summed E-state index contributed by atoms with van der Waals surface area (Å²) in [6, 6.07) is 9.14. The Labute approximate surface area is 134 Å². The number of imide groups is 1. The number of anilines is 1. The highest BCUT2D eigenvalue weighted by molar-refractivity contribution is 6.31. The third kappa shape index (κ3) is 1.94. The van der Waals surface area contributed by atoms with Crippen molar-refractivity contribution in [2.45, 2.75) is 6.92 Å². The molecule has 2 atom stereocenters. The van der Waals surface area contributed by atoms with E-state index in [4.69, 9.17) is 4.74 Å². The number of para-hydroxylation sites is 1. The van der Waals surface area contributed by atoms with Crippen LogP contribution in [0.15, 0.2) is 35.3 Å². The number of carbonyl (C=O) groups excluding carboxylic acids is 2. The molecule has 0 N–H and O–H groups in total. The highest BCUT2D eigenvalue weighted by atomic mass is 16.5. The van der Waals surface area contributed by atoms with Crippen molar-refractivity contribution < 1.29 is 14.3 Å². The lowest BCUT2D eigenvalue weighted by Crippen LogP contribution is -2.50. The molecule has 2 saturated heterocycles. The predicted molar refractivity (Wildman–Crippen MR) is 85.2 cm³/mol. The van der Waals surface area contributed by atoms with Gasteiger partial charge in [-0.15, -0.1) is 0 Å². The number of amidine groups is 1. The van der Waals surface area contributed by atoms with Gasteiger partial charge in [-0.05, 0) is 19.1 Å². The van der Waals surface area contributed by atoms with Crippen molar-refractivity contribution >= 4 is 23.3 Å². The van der Waals surface area contributed by atoms with Crippen LogP contribution in [0.2, 0.25) is 0 Å². The molecular weight excluding hydrogens is 294 g/mol. The topological polar surface area (TPSA) is 62.2 Å². The van der Waals surface area contributed by atoms with E-state index < -0.39 is 11.3 Å². The molecule has 3 heterocycles. The Morgan fingerprint density at radius 1 is 1.17 bits per heavy atom. The molecule has 4 rings (SSSR count). The molecule has 0 bridgehead atoms. The van der Waals surface area contributed by atoms with Crippen LogP contribution in [-0.4, -0.2) is 55.4 Å². The van der Waals surface area contributed by atoms with Gasteiger partial charge in [-0.25, -0.2) is 4.90 Å². The number of nitrogens with zero attached hydrogens (tertiary/aromatic N) is 3. The fourth-order valence-corrected chi connectivity index (χ4v) is 3.76. The van der Waals surface area contributed by atoms with Crippen molar-refractivity contribution in [2.24, 2.45) is 16.3 Å². The van der Waals surface area contributed by atoms with Crippen LogP contribution in [0.25, 0.3) is 0 Å².